The molecule has 0 aliphatic heterocycles. The van der Waals surface area contributed by atoms with Gasteiger partial charge in [-0.3, -0.25) is 4.68 Å². The Morgan fingerprint density at radius 3 is 2.68 bits per heavy atom. The molecule has 0 unspecified atom stereocenters. The summed E-state index contributed by atoms with van der Waals surface area (Å²) in [7, 11) is 0. The third kappa shape index (κ3) is 5.50. The zero-order chi connectivity index (χ0) is 14.5. The highest BCUT2D eigenvalue weighted by Crippen LogP contribution is 2.20. The van der Waals surface area contributed by atoms with E-state index in [1.807, 2.05) is 18.5 Å². The van der Waals surface area contributed by atoms with Crippen molar-refractivity contribution >= 4 is 15.9 Å². The molecule has 1 aromatic rings. The van der Waals surface area contributed by atoms with Crippen LogP contribution in [0.5, 0.6) is 0 Å². The summed E-state index contributed by atoms with van der Waals surface area (Å²) in [6.07, 6.45) is -4.26. The zero-order valence-electron chi connectivity index (χ0n) is 10.9. The minimum absolute atomic E-state index is 0.0242. The molecule has 0 radical (unpaired) electrons. The molecular formula is C11H17BrF3N3O. The number of aromatic nitrogens is 2. The van der Waals surface area contributed by atoms with Crippen LogP contribution in [-0.2, 0) is 17.8 Å². The van der Waals surface area contributed by atoms with E-state index in [9.17, 15) is 13.2 Å². The standard InChI is InChI=1S/C11H17BrF3N3O/c1-3-18-9(10(12)8(2)17-18)6-16-4-5-19-7-11(13,14)15/h16H,3-7H2,1-2H3. The van der Waals surface area contributed by atoms with E-state index in [1.54, 1.807) is 0 Å². The maximum Gasteiger partial charge on any atom is 0.411 e. The molecule has 1 rings (SSSR count). The average molecular weight is 344 g/mol. The fourth-order valence-electron chi connectivity index (χ4n) is 1.58. The highest BCUT2D eigenvalue weighted by Gasteiger charge is 2.27. The van der Waals surface area contributed by atoms with Crippen molar-refractivity contribution in [3.63, 3.8) is 0 Å². The van der Waals surface area contributed by atoms with Crippen molar-refractivity contribution in [2.75, 3.05) is 19.8 Å². The number of hydrogen-bond acceptors (Lipinski definition) is 3. The molecule has 1 aromatic heterocycles. The summed E-state index contributed by atoms with van der Waals surface area (Å²) in [5.41, 5.74) is 1.88. The van der Waals surface area contributed by atoms with Gasteiger partial charge in [0.25, 0.3) is 0 Å². The smallest absolute Gasteiger partial charge is 0.371 e. The van der Waals surface area contributed by atoms with Gasteiger partial charge >= 0.3 is 6.18 Å². The number of hydrogen-bond donors (Lipinski definition) is 1. The first-order valence-corrected chi connectivity index (χ1v) is 6.71. The Balaban J connectivity index is 2.30. The van der Waals surface area contributed by atoms with Crippen molar-refractivity contribution in [3.05, 3.63) is 15.9 Å². The highest BCUT2D eigenvalue weighted by molar-refractivity contribution is 9.10. The van der Waals surface area contributed by atoms with Gasteiger partial charge in [0, 0.05) is 19.6 Å². The van der Waals surface area contributed by atoms with Gasteiger partial charge < -0.3 is 10.1 Å². The quantitative estimate of drug-likeness (QED) is 0.773. The summed E-state index contributed by atoms with van der Waals surface area (Å²) < 4.78 is 42.7. The van der Waals surface area contributed by atoms with Crippen molar-refractivity contribution in [1.29, 1.82) is 0 Å². The first kappa shape index (κ1) is 16.5. The minimum atomic E-state index is -4.26. The zero-order valence-corrected chi connectivity index (χ0v) is 12.4. The molecule has 110 valence electrons. The Labute approximate surface area is 118 Å². The number of aryl methyl sites for hydroxylation is 2. The van der Waals surface area contributed by atoms with Gasteiger partial charge in [-0.2, -0.15) is 18.3 Å². The van der Waals surface area contributed by atoms with Gasteiger partial charge in [0.05, 0.1) is 22.5 Å². The molecule has 0 saturated heterocycles. The molecule has 0 saturated carbocycles. The number of ether oxygens (including phenoxy) is 1. The summed E-state index contributed by atoms with van der Waals surface area (Å²) in [5.74, 6) is 0. The van der Waals surface area contributed by atoms with E-state index in [1.165, 1.54) is 0 Å². The summed E-state index contributed by atoms with van der Waals surface area (Å²) in [4.78, 5) is 0. The molecule has 8 heteroatoms. The molecule has 0 spiro atoms. The molecule has 0 fully saturated rings. The summed E-state index contributed by atoms with van der Waals surface area (Å²) in [6, 6.07) is 0. The Kier molecular flexibility index (Phi) is 6.28. The Morgan fingerprint density at radius 1 is 1.42 bits per heavy atom. The predicted octanol–water partition coefficient (Wildman–Crippen LogP) is 2.64. The largest absolute Gasteiger partial charge is 0.411 e. The normalized spacial score (nSPS) is 12.1. The van der Waals surface area contributed by atoms with Crippen LogP contribution in [0.3, 0.4) is 0 Å². The lowest BCUT2D eigenvalue weighted by atomic mass is 10.3. The Bertz CT molecular complexity index is 407. The Hall–Kier alpha value is -0.600. The van der Waals surface area contributed by atoms with E-state index in [-0.39, 0.29) is 6.61 Å². The van der Waals surface area contributed by atoms with Crippen LogP contribution >= 0.6 is 15.9 Å². The first-order valence-electron chi connectivity index (χ1n) is 5.92. The third-order valence-electron chi connectivity index (χ3n) is 2.43. The summed E-state index contributed by atoms with van der Waals surface area (Å²) >= 11 is 3.45. The van der Waals surface area contributed by atoms with Crippen LogP contribution in [0, 0.1) is 6.92 Å². The van der Waals surface area contributed by atoms with Gasteiger partial charge in [0.15, 0.2) is 0 Å². The third-order valence-corrected chi connectivity index (χ3v) is 3.47. The second-order valence-corrected chi connectivity index (χ2v) is 4.80. The van der Waals surface area contributed by atoms with Crippen molar-refractivity contribution in [3.8, 4) is 0 Å². The highest BCUT2D eigenvalue weighted by atomic mass is 79.9. The van der Waals surface area contributed by atoms with Crippen LogP contribution in [0.2, 0.25) is 0 Å². The van der Waals surface area contributed by atoms with Crippen LogP contribution in [0.15, 0.2) is 4.47 Å². The number of nitrogens with one attached hydrogen (secondary N) is 1. The SMILES string of the molecule is CCn1nc(C)c(Br)c1CNCCOCC(F)(F)F. The van der Waals surface area contributed by atoms with Crippen LogP contribution in [0.25, 0.3) is 0 Å². The van der Waals surface area contributed by atoms with E-state index >= 15 is 0 Å². The van der Waals surface area contributed by atoms with Gasteiger partial charge in [-0.05, 0) is 29.8 Å². The topological polar surface area (TPSA) is 39.1 Å². The van der Waals surface area contributed by atoms with Gasteiger partial charge in [-0.25, -0.2) is 0 Å². The molecule has 0 bridgehead atoms. The second-order valence-electron chi connectivity index (χ2n) is 4.01. The van der Waals surface area contributed by atoms with E-state index in [0.29, 0.717) is 13.1 Å². The van der Waals surface area contributed by atoms with Crippen molar-refractivity contribution in [2.24, 2.45) is 0 Å². The Morgan fingerprint density at radius 2 is 2.11 bits per heavy atom. The van der Waals surface area contributed by atoms with Gasteiger partial charge in [0.1, 0.15) is 6.61 Å². The van der Waals surface area contributed by atoms with Crippen LogP contribution < -0.4 is 5.32 Å². The molecule has 1 N–H and O–H groups in total. The fourth-order valence-corrected chi connectivity index (χ4v) is 2.00. The van der Waals surface area contributed by atoms with Crippen molar-refractivity contribution in [2.45, 2.75) is 33.1 Å². The van der Waals surface area contributed by atoms with E-state index in [0.717, 1.165) is 22.4 Å². The van der Waals surface area contributed by atoms with E-state index in [2.05, 4.69) is 31.1 Å². The molecule has 0 aromatic carbocycles. The number of halogens is 4. The molecular weight excluding hydrogens is 327 g/mol. The molecule has 19 heavy (non-hydrogen) atoms. The lowest BCUT2D eigenvalue weighted by molar-refractivity contribution is -0.173. The van der Waals surface area contributed by atoms with Gasteiger partial charge in [0.2, 0.25) is 0 Å². The predicted molar refractivity (Wildman–Crippen MR) is 68.9 cm³/mol. The lowest BCUT2D eigenvalue weighted by Gasteiger charge is -2.09. The van der Waals surface area contributed by atoms with Crippen LogP contribution in [0.1, 0.15) is 18.3 Å². The van der Waals surface area contributed by atoms with Crippen molar-refractivity contribution in [1.82, 2.24) is 15.1 Å². The minimum Gasteiger partial charge on any atom is -0.371 e. The average Bonchev–Trinajstić information content (AvgIpc) is 2.59. The molecule has 0 amide bonds. The number of nitrogens with zero attached hydrogens (tertiary/aromatic N) is 2. The fraction of sp³-hybridized carbons (Fsp3) is 0.727. The maximum atomic E-state index is 11.8. The summed E-state index contributed by atoms with van der Waals surface area (Å²) in [6.45, 7) is 4.33. The summed E-state index contributed by atoms with van der Waals surface area (Å²) in [5, 5.41) is 7.36. The maximum absolute atomic E-state index is 11.8. The molecule has 1 heterocycles. The number of alkyl halides is 3. The van der Waals surface area contributed by atoms with Gasteiger partial charge in [-0.15, -0.1) is 0 Å². The number of rotatable bonds is 7. The molecule has 0 aliphatic rings. The van der Waals surface area contributed by atoms with Crippen LogP contribution in [-0.4, -0.2) is 35.7 Å². The second kappa shape index (κ2) is 7.25. The van der Waals surface area contributed by atoms with Gasteiger partial charge in [-0.1, -0.05) is 0 Å². The monoisotopic (exact) mass is 343 g/mol. The first-order chi connectivity index (χ1) is 8.85. The molecule has 0 aliphatic carbocycles. The van der Waals surface area contributed by atoms with E-state index in [4.69, 9.17) is 0 Å². The molecule has 0 atom stereocenters. The van der Waals surface area contributed by atoms with Crippen molar-refractivity contribution < 1.29 is 17.9 Å². The van der Waals surface area contributed by atoms with Crippen LogP contribution in [0.4, 0.5) is 13.2 Å². The van der Waals surface area contributed by atoms with E-state index < -0.39 is 12.8 Å². The lowest BCUT2D eigenvalue weighted by Crippen LogP contribution is -2.24. The molecule has 4 nitrogen and oxygen atoms in total.